The standard InChI is InChI=1S/C10H11BrF3N3O/c11-8-2-1-6(5-7(8)10(12,13)14)16-4-3-9(15)17-18/h1-2,5,16,18H,3-4H2,(H2,15,17). The second-order valence-corrected chi connectivity index (χ2v) is 4.31. The molecule has 100 valence electrons. The van der Waals surface area contributed by atoms with E-state index in [1.807, 2.05) is 0 Å². The molecule has 0 aliphatic heterocycles. The van der Waals surface area contributed by atoms with E-state index in [2.05, 4.69) is 26.4 Å². The molecule has 18 heavy (non-hydrogen) atoms. The molecular weight excluding hydrogens is 315 g/mol. The van der Waals surface area contributed by atoms with Crippen LogP contribution in [0.1, 0.15) is 12.0 Å². The van der Waals surface area contributed by atoms with Gasteiger partial charge in [0.05, 0.1) is 5.56 Å². The number of nitrogens with zero attached hydrogens (tertiary/aromatic N) is 1. The zero-order valence-electron chi connectivity index (χ0n) is 9.13. The maximum absolute atomic E-state index is 12.6. The maximum Gasteiger partial charge on any atom is 0.417 e. The Hall–Kier alpha value is -1.44. The lowest BCUT2D eigenvalue weighted by Crippen LogP contribution is -2.16. The minimum absolute atomic E-state index is 0.00987. The summed E-state index contributed by atoms with van der Waals surface area (Å²) in [6.45, 7) is 0.273. The first kappa shape index (κ1) is 14.6. The van der Waals surface area contributed by atoms with E-state index in [4.69, 9.17) is 10.9 Å². The summed E-state index contributed by atoms with van der Waals surface area (Å²) in [6.07, 6.45) is -4.18. The van der Waals surface area contributed by atoms with Crippen LogP contribution in [-0.4, -0.2) is 17.6 Å². The Morgan fingerprint density at radius 1 is 1.44 bits per heavy atom. The number of nitrogens with one attached hydrogen (secondary N) is 1. The Morgan fingerprint density at radius 3 is 2.67 bits per heavy atom. The van der Waals surface area contributed by atoms with Crippen LogP contribution >= 0.6 is 15.9 Å². The smallest absolute Gasteiger partial charge is 0.409 e. The Morgan fingerprint density at radius 2 is 2.11 bits per heavy atom. The van der Waals surface area contributed by atoms with Crippen LogP contribution in [0.15, 0.2) is 27.8 Å². The van der Waals surface area contributed by atoms with Gasteiger partial charge in [0, 0.05) is 23.1 Å². The first-order chi connectivity index (χ1) is 8.34. The number of nitrogens with two attached hydrogens (primary N) is 1. The Kier molecular flexibility index (Phi) is 4.83. The first-order valence-corrected chi connectivity index (χ1v) is 5.71. The summed E-state index contributed by atoms with van der Waals surface area (Å²) in [5.41, 5.74) is 4.80. The fraction of sp³-hybridized carbons (Fsp3) is 0.300. The second-order valence-electron chi connectivity index (χ2n) is 3.46. The molecule has 0 unspecified atom stereocenters. The SMILES string of the molecule is NC(CCNc1ccc(Br)c(C(F)(F)F)c1)=NO. The number of benzene rings is 1. The topological polar surface area (TPSA) is 70.6 Å². The normalized spacial score (nSPS) is 12.6. The molecule has 1 aromatic rings. The number of halogens is 4. The third kappa shape index (κ3) is 4.10. The van der Waals surface area contributed by atoms with Gasteiger partial charge in [-0.05, 0) is 18.2 Å². The number of alkyl halides is 3. The Balaban J connectivity index is 2.74. The number of hydrogen-bond acceptors (Lipinski definition) is 3. The van der Waals surface area contributed by atoms with Gasteiger partial charge in [-0.15, -0.1) is 0 Å². The molecule has 0 saturated heterocycles. The molecule has 0 heterocycles. The average molecular weight is 326 g/mol. The van der Waals surface area contributed by atoms with Crippen LogP contribution in [0.3, 0.4) is 0 Å². The van der Waals surface area contributed by atoms with Crippen molar-refractivity contribution in [2.24, 2.45) is 10.9 Å². The third-order valence-electron chi connectivity index (χ3n) is 2.11. The summed E-state index contributed by atoms with van der Waals surface area (Å²) in [5.74, 6) is 0.00987. The quantitative estimate of drug-likeness (QED) is 0.345. The Bertz CT molecular complexity index is 448. The van der Waals surface area contributed by atoms with Crippen molar-refractivity contribution in [1.29, 1.82) is 0 Å². The molecule has 0 bridgehead atoms. The molecular formula is C10H11BrF3N3O. The largest absolute Gasteiger partial charge is 0.417 e. The number of amidine groups is 1. The van der Waals surface area contributed by atoms with Gasteiger partial charge >= 0.3 is 6.18 Å². The van der Waals surface area contributed by atoms with E-state index in [9.17, 15) is 13.2 Å². The molecule has 4 N–H and O–H groups in total. The fourth-order valence-corrected chi connectivity index (χ4v) is 1.71. The predicted molar refractivity (Wildman–Crippen MR) is 65.7 cm³/mol. The van der Waals surface area contributed by atoms with E-state index >= 15 is 0 Å². The van der Waals surface area contributed by atoms with Crippen LogP contribution in [-0.2, 0) is 6.18 Å². The molecule has 0 amide bonds. The van der Waals surface area contributed by atoms with Crippen LogP contribution < -0.4 is 11.1 Å². The lowest BCUT2D eigenvalue weighted by Gasteiger charge is -2.12. The van der Waals surface area contributed by atoms with Crippen molar-refractivity contribution in [3.63, 3.8) is 0 Å². The molecule has 0 saturated carbocycles. The van der Waals surface area contributed by atoms with Gasteiger partial charge in [0.2, 0.25) is 0 Å². The van der Waals surface area contributed by atoms with Crippen molar-refractivity contribution in [3.8, 4) is 0 Å². The molecule has 0 atom stereocenters. The van der Waals surface area contributed by atoms with Gasteiger partial charge in [-0.3, -0.25) is 0 Å². The predicted octanol–water partition coefficient (Wildman–Crippen LogP) is 3.02. The van der Waals surface area contributed by atoms with E-state index in [0.717, 1.165) is 6.07 Å². The summed E-state index contributed by atoms with van der Waals surface area (Å²) in [4.78, 5) is 0. The average Bonchev–Trinajstić information content (AvgIpc) is 2.29. The lowest BCUT2D eigenvalue weighted by atomic mass is 10.2. The van der Waals surface area contributed by atoms with Gasteiger partial charge in [0.25, 0.3) is 0 Å². The summed E-state index contributed by atoms with van der Waals surface area (Å²) in [5, 5.41) is 13.8. The van der Waals surface area contributed by atoms with Crippen LogP contribution in [0.2, 0.25) is 0 Å². The number of oxime groups is 1. The minimum Gasteiger partial charge on any atom is -0.409 e. The molecule has 1 rings (SSSR count). The third-order valence-corrected chi connectivity index (χ3v) is 2.80. The summed E-state index contributed by atoms with van der Waals surface area (Å²) in [7, 11) is 0. The van der Waals surface area contributed by atoms with E-state index in [0.29, 0.717) is 5.69 Å². The maximum atomic E-state index is 12.6. The summed E-state index contributed by atoms with van der Waals surface area (Å²) in [6, 6.07) is 3.82. The van der Waals surface area contributed by atoms with E-state index in [1.54, 1.807) is 0 Å². The highest BCUT2D eigenvalue weighted by molar-refractivity contribution is 9.10. The minimum atomic E-state index is -4.41. The van der Waals surface area contributed by atoms with Crippen molar-refractivity contribution in [2.75, 3.05) is 11.9 Å². The van der Waals surface area contributed by atoms with Crippen LogP contribution in [0.4, 0.5) is 18.9 Å². The molecule has 8 heteroatoms. The van der Waals surface area contributed by atoms with E-state index in [-0.39, 0.29) is 23.3 Å². The monoisotopic (exact) mass is 325 g/mol. The highest BCUT2D eigenvalue weighted by Gasteiger charge is 2.33. The number of hydrogen-bond donors (Lipinski definition) is 3. The van der Waals surface area contributed by atoms with Crippen LogP contribution in [0.5, 0.6) is 0 Å². The van der Waals surface area contributed by atoms with E-state index in [1.165, 1.54) is 12.1 Å². The van der Waals surface area contributed by atoms with Crippen LogP contribution in [0, 0.1) is 0 Å². The molecule has 4 nitrogen and oxygen atoms in total. The summed E-state index contributed by atoms with van der Waals surface area (Å²) >= 11 is 2.85. The molecule has 0 radical (unpaired) electrons. The van der Waals surface area contributed by atoms with Gasteiger partial charge in [-0.1, -0.05) is 21.1 Å². The highest BCUT2D eigenvalue weighted by Crippen LogP contribution is 2.36. The van der Waals surface area contributed by atoms with Gasteiger partial charge in [-0.2, -0.15) is 13.2 Å². The Labute approximate surface area is 110 Å². The van der Waals surface area contributed by atoms with Crippen molar-refractivity contribution >= 4 is 27.5 Å². The summed E-state index contributed by atoms with van der Waals surface area (Å²) < 4.78 is 37.8. The first-order valence-electron chi connectivity index (χ1n) is 4.91. The molecule has 0 fully saturated rings. The molecule has 1 aromatic carbocycles. The number of rotatable bonds is 4. The van der Waals surface area contributed by atoms with E-state index < -0.39 is 11.7 Å². The van der Waals surface area contributed by atoms with Crippen molar-refractivity contribution in [2.45, 2.75) is 12.6 Å². The van der Waals surface area contributed by atoms with Gasteiger partial charge in [0.1, 0.15) is 5.84 Å². The molecule has 0 aliphatic rings. The highest BCUT2D eigenvalue weighted by atomic mass is 79.9. The van der Waals surface area contributed by atoms with Crippen molar-refractivity contribution in [1.82, 2.24) is 0 Å². The van der Waals surface area contributed by atoms with Gasteiger partial charge in [-0.25, -0.2) is 0 Å². The van der Waals surface area contributed by atoms with Crippen molar-refractivity contribution < 1.29 is 18.4 Å². The number of anilines is 1. The molecule has 0 spiro atoms. The second kappa shape index (κ2) is 5.94. The molecule has 0 aromatic heterocycles. The molecule has 0 aliphatic carbocycles. The van der Waals surface area contributed by atoms with Crippen LogP contribution in [0.25, 0.3) is 0 Å². The van der Waals surface area contributed by atoms with Gasteiger partial charge < -0.3 is 16.3 Å². The lowest BCUT2D eigenvalue weighted by molar-refractivity contribution is -0.138. The fourth-order valence-electron chi connectivity index (χ4n) is 1.24. The zero-order valence-corrected chi connectivity index (χ0v) is 10.7. The zero-order chi connectivity index (χ0) is 13.8. The van der Waals surface area contributed by atoms with Gasteiger partial charge in [0.15, 0.2) is 0 Å². The van der Waals surface area contributed by atoms with Crippen molar-refractivity contribution in [3.05, 3.63) is 28.2 Å².